The number of aryl methyl sites for hydroxylation is 1. The maximum Gasteiger partial charge on any atom is 0.256 e. The van der Waals surface area contributed by atoms with E-state index in [9.17, 15) is 26.7 Å². The van der Waals surface area contributed by atoms with E-state index >= 15 is 0 Å². The van der Waals surface area contributed by atoms with E-state index in [1.165, 1.54) is 38.9 Å². The average molecular weight is 522 g/mol. The summed E-state index contributed by atoms with van der Waals surface area (Å²) < 4.78 is 55.0. The van der Waals surface area contributed by atoms with Gasteiger partial charge in [-0.3, -0.25) is 4.79 Å². The molecule has 9 nitrogen and oxygen atoms in total. The Labute approximate surface area is 206 Å². The molecule has 0 unspecified atom stereocenters. The summed E-state index contributed by atoms with van der Waals surface area (Å²) in [5.41, 5.74) is 0.625. The van der Waals surface area contributed by atoms with E-state index in [0.29, 0.717) is 31.7 Å². The van der Waals surface area contributed by atoms with Crippen LogP contribution in [0.4, 0.5) is 5.69 Å². The van der Waals surface area contributed by atoms with Crippen LogP contribution >= 0.6 is 0 Å². The SMILES string of the molecule is Cc1ccc(S(=O)(=O)N2CCCCC2)cc1C(=O)Nc1cc(S(=O)(=O)N2CCCCC2)ccc1O. The van der Waals surface area contributed by atoms with Gasteiger partial charge in [-0.05, 0) is 68.5 Å². The van der Waals surface area contributed by atoms with E-state index in [4.69, 9.17) is 0 Å². The molecule has 11 heteroatoms. The second kappa shape index (κ2) is 10.3. The molecule has 190 valence electrons. The van der Waals surface area contributed by atoms with Crippen molar-refractivity contribution in [2.24, 2.45) is 0 Å². The first kappa shape index (κ1) is 25.6. The molecule has 2 heterocycles. The number of phenols is 1. The van der Waals surface area contributed by atoms with Crippen LogP contribution in [0.25, 0.3) is 0 Å². The predicted octanol–water partition coefficient (Wildman–Crippen LogP) is 3.30. The average Bonchev–Trinajstić information content (AvgIpc) is 2.86. The van der Waals surface area contributed by atoms with Crippen molar-refractivity contribution >= 4 is 31.6 Å². The Kier molecular flexibility index (Phi) is 7.51. The fraction of sp³-hybridized carbons (Fsp3) is 0.458. The zero-order valence-electron chi connectivity index (χ0n) is 19.7. The summed E-state index contributed by atoms with van der Waals surface area (Å²) in [4.78, 5) is 13.1. The van der Waals surface area contributed by atoms with Gasteiger partial charge in [-0.1, -0.05) is 18.9 Å². The Balaban J connectivity index is 1.60. The van der Waals surface area contributed by atoms with Crippen molar-refractivity contribution in [3.8, 4) is 5.75 Å². The maximum absolute atomic E-state index is 13.1. The second-order valence-corrected chi connectivity index (χ2v) is 12.9. The van der Waals surface area contributed by atoms with Gasteiger partial charge in [-0.2, -0.15) is 8.61 Å². The number of carbonyl (C=O) groups is 1. The van der Waals surface area contributed by atoms with E-state index in [0.717, 1.165) is 38.5 Å². The number of nitrogens with one attached hydrogen (secondary N) is 1. The van der Waals surface area contributed by atoms with Crippen LogP contribution in [0, 0.1) is 6.92 Å². The number of hydrogen-bond donors (Lipinski definition) is 2. The van der Waals surface area contributed by atoms with Crippen LogP contribution in [0.3, 0.4) is 0 Å². The number of piperidine rings is 2. The van der Waals surface area contributed by atoms with Gasteiger partial charge in [-0.15, -0.1) is 0 Å². The molecular formula is C24H31N3O6S2. The molecule has 2 aliphatic heterocycles. The number of amides is 1. The molecule has 0 aliphatic carbocycles. The van der Waals surface area contributed by atoms with Gasteiger partial charge in [-0.25, -0.2) is 16.8 Å². The van der Waals surface area contributed by atoms with Crippen LogP contribution in [0.1, 0.15) is 54.4 Å². The third kappa shape index (κ3) is 5.37. The van der Waals surface area contributed by atoms with Crippen LogP contribution in [0.5, 0.6) is 5.75 Å². The Bertz CT molecular complexity index is 1310. The lowest BCUT2D eigenvalue weighted by molar-refractivity contribution is 0.102. The van der Waals surface area contributed by atoms with E-state index in [2.05, 4.69) is 5.32 Å². The van der Waals surface area contributed by atoms with E-state index in [1.807, 2.05) is 0 Å². The van der Waals surface area contributed by atoms with Crippen LogP contribution in [-0.4, -0.2) is 62.6 Å². The van der Waals surface area contributed by atoms with Crippen molar-refractivity contribution < 1.29 is 26.7 Å². The number of aromatic hydroxyl groups is 1. The molecule has 4 rings (SSSR count). The summed E-state index contributed by atoms with van der Waals surface area (Å²) in [7, 11) is -7.50. The highest BCUT2D eigenvalue weighted by Crippen LogP contribution is 2.30. The third-order valence-electron chi connectivity index (χ3n) is 6.58. The number of carbonyl (C=O) groups excluding carboxylic acids is 1. The highest BCUT2D eigenvalue weighted by molar-refractivity contribution is 7.89. The highest BCUT2D eigenvalue weighted by Gasteiger charge is 2.29. The molecule has 1 amide bonds. The van der Waals surface area contributed by atoms with Crippen molar-refractivity contribution in [2.45, 2.75) is 55.2 Å². The summed E-state index contributed by atoms with van der Waals surface area (Å²) in [6, 6.07) is 8.17. The number of nitrogens with zero attached hydrogens (tertiary/aromatic N) is 2. The molecule has 2 saturated heterocycles. The molecule has 2 aromatic rings. The lowest BCUT2D eigenvalue weighted by Crippen LogP contribution is -2.35. The standard InChI is InChI=1S/C24H31N3O6S2/c1-18-8-9-19(34(30,31)26-12-4-2-5-13-26)16-21(18)24(29)25-22-17-20(10-11-23(22)28)35(32,33)27-14-6-3-7-15-27/h8-11,16-17,28H,2-7,12-15H2,1H3,(H,25,29). The Morgan fingerprint density at radius 1 is 0.771 bits per heavy atom. The minimum Gasteiger partial charge on any atom is -0.506 e. The summed E-state index contributed by atoms with van der Waals surface area (Å²) in [5, 5.41) is 12.9. The van der Waals surface area contributed by atoms with Gasteiger partial charge in [0, 0.05) is 31.7 Å². The number of hydrogen-bond acceptors (Lipinski definition) is 6. The maximum atomic E-state index is 13.1. The monoisotopic (exact) mass is 521 g/mol. The largest absolute Gasteiger partial charge is 0.506 e. The molecule has 2 aromatic carbocycles. The number of phenolic OH excluding ortho intramolecular Hbond substituents is 1. The van der Waals surface area contributed by atoms with Crippen molar-refractivity contribution in [1.82, 2.24) is 8.61 Å². The molecular weight excluding hydrogens is 490 g/mol. The number of sulfonamides is 2. The molecule has 2 fully saturated rings. The lowest BCUT2D eigenvalue weighted by Gasteiger charge is -2.26. The van der Waals surface area contributed by atoms with Crippen LogP contribution < -0.4 is 5.32 Å². The first-order chi connectivity index (χ1) is 16.6. The Hall–Kier alpha value is -2.47. The third-order valence-corrected chi connectivity index (χ3v) is 10.4. The minimum absolute atomic E-state index is 0.0225. The van der Waals surface area contributed by atoms with Crippen molar-refractivity contribution in [3.63, 3.8) is 0 Å². The van der Waals surface area contributed by atoms with Gasteiger partial charge in [0.25, 0.3) is 5.91 Å². The normalized spacial score (nSPS) is 18.3. The topological polar surface area (TPSA) is 124 Å². The van der Waals surface area contributed by atoms with Crippen LogP contribution in [0.2, 0.25) is 0 Å². The van der Waals surface area contributed by atoms with Crippen molar-refractivity contribution in [2.75, 3.05) is 31.5 Å². The molecule has 0 bridgehead atoms. The van der Waals surface area contributed by atoms with Gasteiger partial charge >= 0.3 is 0 Å². The van der Waals surface area contributed by atoms with E-state index < -0.39 is 26.0 Å². The lowest BCUT2D eigenvalue weighted by atomic mass is 10.1. The molecule has 35 heavy (non-hydrogen) atoms. The highest BCUT2D eigenvalue weighted by atomic mass is 32.2. The predicted molar refractivity (Wildman–Crippen MR) is 132 cm³/mol. The fourth-order valence-electron chi connectivity index (χ4n) is 4.48. The van der Waals surface area contributed by atoms with Gasteiger partial charge < -0.3 is 10.4 Å². The Morgan fingerprint density at radius 3 is 1.80 bits per heavy atom. The first-order valence-corrected chi connectivity index (χ1v) is 14.7. The van der Waals surface area contributed by atoms with E-state index in [1.54, 1.807) is 13.0 Å². The van der Waals surface area contributed by atoms with Crippen LogP contribution in [-0.2, 0) is 20.0 Å². The van der Waals surface area contributed by atoms with Gasteiger partial charge in [0.2, 0.25) is 20.0 Å². The fourth-order valence-corrected chi connectivity index (χ4v) is 7.57. The smallest absolute Gasteiger partial charge is 0.256 e. The minimum atomic E-state index is -3.76. The molecule has 0 aromatic heterocycles. The molecule has 2 aliphatic rings. The van der Waals surface area contributed by atoms with Crippen molar-refractivity contribution in [1.29, 1.82) is 0 Å². The zero-order chi connectivity index (χ0) is 25.2. The summed E-state index contributed by atoms with van der Waals surface area (Å²) in [5.74, 6) is -0.924. The number of rotatable bonds is 6. The molecule has 0 saturated carbocycles. The first-order valence-electron chi connectivity index (χ1n) is 11.9. The van der Waals surface area contributed by atoms with Crippen LogP contribution in [0.15, 0.2) is 46.2 Å². The summed E-state index contributed by atoms with van der Waals surface area (Å²) in [6.07, 6.45) is 5.15. The molecule has 0 spiro atoms. The number of benzene rings is 2. The molecule has 0 atom stereocenters. The Morgan fingerprint density at radius 2 is 1.26 bits per heavy atom. The molecule has 2 N–H and O–H groups in total. The zero-order valence-corrected chi connectivity index (χ0v) is 21.4. The summed E-state index contributed by atoms with van der Waals surface area (Å²) in [6.45, 7) is 3.45. The van der Waals surface area contributed by atoms with Crippen molar-refractivity contribution in [3.05, 3.63) is 47.5 Å². The second-order valence-electron chi connectivity index (χ2n) is 9.04. The van der Waals surface area contributed by atoms with E-state index in [-0.39, 0.29) is 26.8 Å². The number of anilines is 1. The summed E-state index contributed by atoms with van der Waals surface area (Å²) >= 11 is 0. The van der Waals surface area contributed by atoms with Gasteiger partial charge in [0.1, 0.15) is 5.75 Å². The molecule has 0 radical (unpaired) electrons. The quantitative estimate of drug-likeness (QED) is 0.562. The van der Waals surface area contributed by atoms with Gasteiger partial charge in [0.15, 0.2) is 0 Å². The van der Waals surface area contributed by atoms with Gasteiger partial charge in [0.05, 0.1) is 15.5 Å².